The molecule has 0 spiro atoms. The van der Waals surface area contributed by atoms with Crippen molar-refractivity contribution in [3.05, 3.63) is 69.5 Å². The summed E-state index contributed by atoms with van der Waals surface area (Å²) in [7, 11) is 2.17. The van der Waals surface area contributed by atoms with Gasteiger partial charge in [0.05, 0.1) is 5.52 Å². The van der Waals surface area contributed by atoms with Gasteiger partial charge in [-0.1, -0.05) is 11.6 Å². The van der Waals surface area contributed by atoms with E-state index in [9.17, 15) is 4.79 Å². The lowest BCUT2D eigenvalue weighted by Gasteiger charge is -2.34. The Morgan fingerprint density at radius 3 is 2.43 bits per heavy atom. The molecule has 4 rings (SSSR count). The van der Waals surface area contributed by atoms with Gasteiger partial charge < -0.3 is 20.1 Å². The highest BCUT2D eigenvalue weighted by Gasteiger charge is 2.14. The van der Waals surface area contributed by atoms with Crippen molar-refractivity contribution in [2.24, 2.45) is 0 Å². The summed E-state index contributed by atoms with van der Waals surface area (Å²) >= 11 is 0. The number of piperazine rings is 1. The molecule has 28 heavy (non-hydrogen) atoms. The molecule has 1 aromatic heterocycles. The Morgan fingerprint density at radius 1 is 1.00 bits per heavy atom. The molecule has 0 atom stereocenters. The fourth-order valence-corrected chi connectivity index (χ4v) is 3.92. The summed E-state index contributed by atoms with van der Waals surface area (Å²) in [6.07, 6.45) is 0. The zero-order chi connectivity index (χ0) is 19.7. The van der Waals surface area contributed by atoms with Crippen LogP contribution in [-0.4, -0.2) is 43.1 Å². The Labute approximate surface area is 166 Å². The summed E-state index contributed by atoms with van der Waals surface area (Å²) in [6, 6.07) is 14.7. The molecule has 0 aliphatic carbocycles. The number of hydrogen-bond donors (Lipinski definition) is 2. The van der Waals surface area contributed by atoms with Gasteiger partial charge >= 0.3 is 0 Å². The molecule has 1 saturated heterocycles. The lowest BCUT2D eigenvalue weighted by molar-refractivity contribution is 0.313. The number of rotatable bonds is 4. The van der Waals surface area contributed by atoms with Crippen molar-refractivity contribution in [2.45, 2.75) is 20.4 Å². The molecular formula is C23H28N4O. The molecular weight excluding hydrogens is 348 g/mol. The fraction of sp³-hybridized carbons (Fsp3) is 0.348. The predicted octanol–water partition coefficient (Wildman–Crippen LogP) is 3.51. The first-order valence-corrected chi connectivity index (χ1v) is 9.90. The highest BCUT2D eigenvalue weighted by molar-refractivity contribution is 5.82. The van der Waals surface area contributed by atoms with E-state index in [0.717, 1.165) is 53.9 Å². The van der Waals surface area contributed by atoms with Gasteiger partial charge in [0.15, 0.2) is 0 Å². The normalized spacial score (nSPS) is 15.2. The molecule has 1 aliphatic heterocycles. The van der Waals surface area contributed by atoms with Crippen LogP contribution in [-0.2, 0) is 6.54 Å². The molecule has 5 nitrogen and oxygen atoms in total. The van der Waals surface area contributed by atoms with E-state index in [1.165, 1.54) is 11.3 Å². The van der Waals surface area contributed by atoms with Crippen LogP contribution in [0, 0.1) is 13.8 Å². The Morgan fingerprint density at radius 2 is 1.71 bits per heavy atom. The average Bonchev–Trinajstić information content (AvgIpc) is 2.68. The molecule has 3 aromatic rings. The number of hydrogen-bond acceptors (Lipinski definition) is 4. The van der Waals surface area contributed by atoms with E-state index in [2.05, 4.69) is 70.5 Å². The number of aryl methyl sites for hydroxylation is 2. The number of aromatic amines is 1. The number of aromatic nitrogens is 1. The quantitative estimate of drug-likeness (QED) is 0.732. The largest absolute Gasteiger partial charge is 0.381 e. The molecule has 0 radical (unpaired) electrons. The number of pyridine rings is 1. The van der Waals surface area contributed by atoms with E-state index in [0.29, 0.717) is 6.54 Å². The first kappa shape index (κ1) is 18.6. The van der Waals surface area contributed by atoms with Gasteiger partial charge in [0.2, 0.25) is 0 Å². The molecule has 0 amide bonds. The van der Waals surface area contributed by atoms with Crippen molar-refractivity contribution >= 4 is 22.3 Å². The van der Waals surface area contributed by atoms with E-state index >= 15 is 0 Å². The molecule has 0 unspecified atom stereocenters. The van der Waals surface area contributed by atoms with E-state index in [4.69, 9.17) is 0 Å². The van der Waals surface area contributed by atoms with Gasteiger partial charge in [0.1, 0.15) is 0 Å². The van der Waals surface area contributed by atoms with Crippen LogP contribution in [0.15, 0.2) is 47.3 Å². The standard InChI is InChI=1S/C23H28N4O/c1-16-12-17(2)22-18(13-16)14-19(23(28)25-22)15-24-20-4-6-21(7-5-20)27-10-8-26(3)9-11-27/h4-7,12-14,24H,8-11,15H2,1-3H3,(H,25,28). The lowest BCUT2D eigenvalue weighted by Crippen LogP contribution is -2.44. The van der Waals surface area contributed by atoms with Gasteiger partial charge in [-0.2, -0.15) is 0 Å². The third-order valence-corrected chi connectivity index (χ3v) is 5.59. The van der Waals surface area contributed by atoms with Crippen LogP contribution in [0.3, 0.4) is 0 Å². The van der Waals surface area contributed by atoms with E-state index in [1.807, 2.05) is 13.0 Å². The number of anilines is 2. The van der Waals surface area contributed by atoms with Gasteiger partial charge in [-0.25, -0.2) is 0 Å². The molecule has 0 bridgehead atoms. The summed E-state index contributed by atoms with van der Waals surface area (Å²) < 4.78 is 0. The minimum Gasteiger partial charge on any atom is -0.381 e. The van der Waals surface area contributed by atoms with Gasteiger partial charge in [-0.05, 0) is 68.2 Å². The summed E-state index contributed by atoms with van der Waals surface area (Å²) in [5.74, 6) is 0. The first-order chi connectivity index (χ1) is 13.5. The van der Waals surface area contributed by atoms with Crippen LogP contribution in [0.4, 0.5) is 11.4 Å². The fourth-order valence-electron chi connectivity index (χ4n) is 3.92. The SMILES string of the molecule is Cc1cc(C)c2[nH]c(=O)c(CNc3ccc(N4CCN(C)CC4)cc3)cc2c1. The predicted molar refractivity (Wildman–Crippen MR) is 118 cm³/mol. The second-order valence-electron chi connectivity index (χ2n) is 7.86. The van der Waals surface area contributed by atoms with Crippen molar-refractivity contribution in [1.29, 1.82) is 0 Å². The van der Waals surface area contributed by atoms with Crippen molar-refractivity contribution in [1.82, 2.24) is 9.88 Å². The summed E-state index contributed by atoms with van der Waals surface area (Å²) in [6.45, 7) is 8.95. The third kappa shape index (κ3) is 3.90. The molecule has 146 valence electrons. The molecule has 2 N–H and O–H groups in total. The molecule has 2 heterocycles. The number of nitrogens with zero attached hydrogens (tertiary/aromatic N) is 2. The van der Waals surface area contributed by atoms with Crippen LogP contribution in [0.2, 0.25) is 0 Å². The van der Waals surface area contributed by atoms with Crippen LogP contribution in [0.5, 0.6) is 0 Å². The molecule has 5 heteroatoms. The number of benzene rings is 2. The van der Waals surface area contributed by atoms with Gasteiger partial charge in [-0.15, -0.1) is 0 Å². The lowest BCUT2D eigenvalue weighted by atomic mass is 10.1. The van der Waals surface area contributed by atoms with Crippen molar-refractivity contribution in [2.75, 3.05) is 43.4 Å². The minimum absolute atomic E-state index is 0.0268. The number of nitrogens with one attached hydrogen (secondary N) is 2. The van der Waals surface area contributed by atoms with Gasteiger partial charge in [-0.3, -0.25) is 4.79 Å². The Kier molecular flexibility index (Phi) is 5.09. The van der Waals surface area contributed by atoms with E-state index < -0.39 is 0 Å². The second kappa shape index (κ2) is 7.68. The van der Waals surface area contributed by atoms with Gasteiger partial charge in [0, 0.05) is 49.7 Å². The average molecular weight is 377 g/mol. The topological polar surface area (TPSA) is 51.4 Å². The molecule has 1 fully saturated rings. The third-order valence-electron chi connectivity index (χ3n) is 5.59. The second-order valence-corrected chi connectivity index (χ2v) is 7.86. The van der Waals surface area contributed by atoms with Crippen LogP contribution in [0.1, 0.15) is 16.7 Å². The summed E-state index contributed by atoms with van der Waals surface area (Å²) in [4.78, 5) is 20.3. The highest BCUT2D eigenvalue weighted by Crippen LogP contribution is 2.21. The van der Waals surface area contributed by atoms with Gasteiger partial charge in [0.25, 0.3) is 5.56 Å². The maximum absolute atomic E-state index is 12.5. The van der Waals surface area contributed by atoms with E-state index in [-0.39, 0.29) is 5.56 Å². The van der Waals surface area contributed by atoms with Crippen molar-refractivity contribution < 1.29 is 0 Å². The summed E-state index contributed by atoms with van der Waals surface area (Å²) in [5, 5.41) is 4.47. The maximum atomic E-state index is 12.5. The summed E-state index contributed by atoms with van der Waals surface area (Å²) in [5.41, 5.74) is 6.24. The first-order valence-electron chi connectivity index (χ1n) is 9.90. The van der Waals surface area contributed by atoms with Crippen LogP contribution in [0.25, 0.3) is 10.9 Å². The smallest absolute Gasteiger partial charge is 0.253 e. The monoisotopic (exact) mass is 376 g/mol. The molecule has 1 aliphatic rings. The van der Waals surface area contributed by atoms with Crippen LogP contribution < -0.4 is 15.8 Å². The minimum atomic E-state index is -0.0268. The van der Waals surface area contributed by atoms with E-state index in [1.54, 1.807) is 0 Å². The zero-order valence-electron chi connectivity index (χ0n) is 16.9. The van der Waals surface area contributed by atoms with Crippen molar-refractivity contribution in [3.63, 3.8) is 0 Å². The number of H-pyrrole nitrogens is 1. The Bertz CT molecular complexity index is 1030. The number of fused-ring (bicyclic) bond motifs is 1. The highest BCUT2D eigenvalue weighted by atomic mass is 16.1. The number of likely N-dealkylation sites (N-methyl/N-ethyl adjacent to an activating group) is 1. The van der Waals surface area contributed by atoms with Crippen molar-refractivity contribution in [3.8, 4) is 0 Å². The van der Waals surface area contributed by atoms with Crippen LogP contribution >= 0.6 is 0 Å². The molecule has 0 saturated carbocycles. The zero-order valence-corrected chi connectivity index (χ0v) is 16.9. The Balaban J connectivity index is 1.47. The molecule has 2 aromatic carbocycles. The Hall–Kier alpha value is -2.79. The maximum Gasteiger partial charge on any atom is 0.253 e.